The van der Waals surface area contributed by atoms with Crippen LogP contribution in [-0.4, -0.2) is 56.9 Å². The largest absolute Gasteiger partial charge is 0.499 e. The van der Waals surface area contributed by atoms with Crippen LogP contribution in [0.2, 0.25) is 0 Å². The zero-order chi connectivity index (χ0) is 23.7. The Morgan fingerprint density at radius 2 is 0.839 bits per heavy atom. The van der Waals surface area contributed by atoms with Gasteiger partial charge in [-0.25, -0.2) is 0 Å². The van der Waals surface area contributed by atoms with Gasteiger partial charge in [-0.15, -0.1) is 0 Å². The van der Waals surface area contributed by atoms with Crippen LogP contribution in [0.5, 0.6) is 0 Å². The number of hydrogen-bond donors (Lipinski definition) is 3. The van der Waals surface area contributed by atoms with E-state index < -0.39 is 0 Å². The highest BCUT2D eigenvalue weighted by atomic mass is 32.1. The Bertz CT molecular complexity index is 281. The van der Waals surface area contributed by atoms with Crippen molar-refractivity contribution in [1.82, 2.24) is 0 Å². The van der Waals surface area contributed by atoms with Crippen LogP contribution in [0.3, 0.4) is 0 Å². The van der Waals surface area contributed by atoms with Crippen LogP contribution < -0.4 is 0 Å². The second kappa shape index (κ2) is 40.4. The summed E-state index contributed by atoms with van der Waals surface area (Å²) < 4.78 is 20.1. The minimum Gasteiger partial charge on any atom is -0.499 e. The van der Waals surface area contributed by atoms with Gasteiger partial charge >= 0.3 is 0 Å². The fourth-order valence-corrected chi connectivity index (χ4v) is 2.84. The van der Waals surface area contributed by atoms with Gasteiger partial charge in [0.05, 0.1) is 39.0 Å². The number of unbranched alkanes of at least 4 members (excludes halogenated alkanes) is 8. The van der Waals surface area contributed by atoms with Crippen molar-refractivity contribution >= 4 is 37.9 Å². The first-order valence-electron chi connectivity index (χ1n) is 11.7. The van der Waals surface area contributed by atoms with E-state index >= 15 is 0 Å². The topological polar surface area (TPSA) is 36.9 Å². The smallest absolute Gasteiger partial charge is 0.111 e. The van der Waals surface area contributed by atoms with Gasteiger partial charge in [-0.3, -0.25) is 0 Å². The molecule has 0 aliphatic rings. The molecule has 0 aliphatic heterocycles. The second-order valence-electron chi connectivity index (χ2n) is 6.65. The average molecular weight is 499 g/mol. The number of ether oxygens (including phenoxy) is 4. The van der Waals surface area contributed by atoms with Crippen LogP contribution in [0, 0.1) is 0 Å². The van der Waals surface area contributed by atoms with Gasteiger partial charge in [-0.05, 0) is 36.5 Å². The molecule has 0 saturated heterocycles. The number of rotatable bonds is 22. The standard InChI is InChI=1S/C10H18O4.C8H18S.C6H14S2/c1-3-11-5-7-13-9-10-14-8-6-12-4-2;1-2-3-4-5-6-7-8-9;7-5-3-1-2-4-6-8/h3-4H,1-2,5-10H2;9H,2-8H2,1H3;7-8H,1-6H2. The summed E-state index contributed by atoms with van der Waals surface area (Å²) in [5.41, 5.74) is 0. The quantitative estimate of drug-likeness (QED) is 0.0851. The molecule has 0 spiro atoms. The maximum Gasteiger partial charge on any atom is 0.111 e. The lowest BCUT2D eigenvalue weighted by atomic mass is 10.1. The summed E-state index contributed by atoms with van der Waals surface area (Å²) in [5, 5.41) is 0. The molecule has 0 aromatic heterocycles. The Morgan fingerprint density at radius 1 is 0.516 bits per heavy atom. The zero-order valence-electron chi connectivity index (χ0n) is 20.0. The fraction of sp³-hybridized carbons (Fsp3) is 0.833. The molecule has 0 rings (SSSR count). The molecule has 0 unspecified atom stereocenters. The highest BCUT2D eigenvalue weighted by Gasteiger charge is 1.90. The van der Waals surface area contributed by atoms with Crippen LogP contribution in [-0.2, 0) is 18.9 Å². The maximum atomic E-state index is 5.18. The van der Waals surface area contributed by atoms with Crippen LogP contribution in [0.15, 0.2) is 25.7 Å². The van der Waals surface area contributed by atoms with E-state index in [1.807, 2.05) is 0 Å². The lowest BCUT2D eigenvalue weighted by Crippen LogP contribution is -2.10. The molecule has 7 heteroatoms. The minimum atomic E-state index is 0.531. The van der Waals surface area contributed by atoms with Gasteiger partial charge in [0.1, 0.15) is 13.2 Å². The highest BCUT2D eigenvalue weighted by Crippen LogP contribution is 2.04. The molecule has 0 aliphatic carbocycles. The molecule has 0 saturated carbocycles. The molecule has 31 heavy (non-hydrogen) atoms. The van der Waals surface area contributed by atoms with Crippen LogP contribution in [0.1, 0.15) is 71.1 Å². The van der Waals surface area contributed by atoms with Crippen molar-refractivity contribution in [2.24, 2.45) is 0 Å². The van der Waals surface area contributed by atoms with Crippen molar-refractivity contribution in [3.05, 3.63) is 25.7 Å². The van der Waals surface area contributed by atoms with E-state index in [-0.39, 0.29) is 0 Å². The van der Waals surface area contributed by atoms with E-state index in [0.717, 1.165) is 17.3 Å². The maximum absolute atomic E-state index is 5.18. The molecule has 0 aromatic rings. The first kappa shape index (κ1) is 35.6. The van der Waals surface area contributed by atoms with E-state index in [1.165, 1.54) is 76.7 Å². The molecule has 0 aromatic carbocycles. The van der Waals surface area contributed by atoms with E-state index in [2.05, 4.69) is 58.0 Å². The van der Waals surface area contributed by atoms with Crippen molar-refractivity contribution in [2.75, 3.05) is 56.9 Å². The van der Waals surface area contributed by atoms with Gasteiger partial charge in [0, 0.05) is 0 Å². The predicted octanol–water partition coefficient (Wildman–Crippen LogP) is 7.02. The third-order valence-corrected chi connectivity index (χ3v) is 4.83. The Labute approximate surface area is 210 Å². The summed E-state index contributed by atoms with van der Waals surface area (Å²) in [5.74, 6) is 3.13. The lowest BCUT2D eigenvalue weighted by molar-refractivity contribution is 0.0186. The third-order valence-electron chi connectivity index (χ3n) is 3.88. The molecular formula is C24H50O4S3. The molecule has 4 nitrogen and oxygen atoms in total. The van der Waals surface area contributed by atoms with Gasteiger partial charge in [0.25, 0.3) is 0 Å². The van der Waals surface area contributed by atoms with Crippen molar-refractivity contribution in [1.29, 1.82) is 0 Å². The fourth-order valence-electron chi connectivity index (χ4n) is 2.17. The second-order valence-corrected chi connectivity index (χ2v) is 7.99. The zero-order valence-corrected chi connectivity index (χ0v) is 22.7. The molecule has 0 amide bonds. The monoisotopic (exact) mass is 498 g/mol. The molecule has 0 N–H and O–H groups in total. The van der Waals surface area contributed by atoms with E-state index in [9.17, 15) is 0 Å². The molecular weight excluding hydrogens is 448 g/mol. The van der Waals surface area contributed by atoms with Crippen molar-refractivity contribution in [3.63, 3.8) is 0 Å². The van der Waals surface area contributed by atoms with Crippen molar-refractivity contribution in [2.45, 2.75) is 71.1 Å². The Hall–Kier alpha value is 0.0500. The number of hydrogen-bond acceptors (Lipinski definition) is 7. The van der Waals surface area contributed by atoms with Gasteiger partial charge in [0.2, 0.25) is 0 Å². The predicted molar refractivity (Wildman–Crippen MR) is 147 cm³/mol. The van der Waals surface area contributed by atoms with Gasteiger partial charge in [-0.2, -0.15) is 37.9 Å². The summed E-state index contributed by atoms with van der Waals surface area (Å²) in [6.07, 6.45) is 16.2. The highest BCUT2D eigenvalue weighted by molar-refractivity contribution is 7.80. The first-order valence-corrected chi connectivity index (χ1v) is 13.6. The Balaban J connectivity index is -0.000000401. The number of thiol groups is 3. The lowest BCUT2D eigenvalue weighted by Gasteiger charge is -2.05. The van der Waals surface area contributed by atoms with Crippen molar-refractivity contribution < 1.29 is 18.9 Å². The third kappa shape index (κ3) is 48.6. The molecule has 188 valence electrons. The first-order chi connectivity index (χ1) is 15.2. The summed E-state index contributed by atoms with van der Waals surface area (Å²) in [4.78, 5) is 0. The molecule has 0 fully saturated rings. The Kier molecular flexibility index (Phi) is 46.5. The van der Waals surface area contributed by atoms with Crippen LogP contribution in [0.25, 0.3) is 0 Å². The Morgan fingerprint density at radius 3 is 1.16 bits per heavy atom. The molecule has 0 atom stereocenters. The van der Waals surface area contributed by atoms with Gasteiger partial charge in [0.15, 0.2) is 0 Å². The van der Waals surface area contributed by atoms with E-state index in [0.29, 0.717) is 39.6 Å². The van der Waals surface area contributed by atoms with Crippen LogP contribution in [0.4, 0.5) is 0 Å². The summed E-state index contributed by atoms with van der Waals surface area (Å²) in [7, 11) is 0. The average Bonchev–Trinajstić information content (AvgIpc) is 2.79. The molecule has 0 heterocycles. The van der Waals surface area contributed by atoms with Crippen molar-refractivity contribution in [3.8, 4) is 0 Å². The SMILES string of the molecule is C=COCCOCCOCCOC=C.CCCCCCCCS.SCCCCCCS. The van der Waals surface area contributed by atoms with Crippen LogP contribution >= 0.6 is 37.9 Å². The van der Waals surface area contributed by atoms with Gasteiger partial charge < -0.3 is 18.9 Å². The molecule has 0 bridgehead atoms. The normalized spacial score (nSPS) is 9.68. The van der Waals surface area contributed by atoms with Gasteiger partial charge in [-0.1, -0.05) is 65.0 Å². The molecule has 0 radical (unpaired) electrons. The minimum absolute atomic E-state index is 0.531. The van der Waals surface area contributed by atoms with E-state index in [4.69, 9.17) is 18.9 Å². The summed E-state index contributed by atoms with van der Waals surface area (Å²) in [6.45, 7) is 12.4. The van der Waals surface area contributed by atoms with E-state index in [1.54, 1.807) is 0 Å². The summed E-state index contributed by atoms with van der Waals surface area (Å²) in [6, 6.07) is 0. The summed E-state index contributed by atoms with van der Waals surface area (Å²) >= 11 is 12.4.